The zero-order valence-electron chi connectivity index (χ0n) is 17.3. The van der Waals surface area contributed by atoms with E-state index in [1.807, 2.05) is 24.3 Å². The number of aromatic nitrogens is 1. The summed E-state index contributed by atoms with van der Waals surface area (Å²) in [5, 5.41) is 15.6. The highest BCUT2D eigenvalue weighted by atomic mass is 16.5. The summed E-state index contributed by atoms with van der Waals surface area (Å²) in [6.07, 6.45) is 8.29. The van der Waals surface area contributed by atoms with Crippen LogP contribution in [0, 0.1) is 0 Å². The van der Waals surface area contributed by atoms with Gasteiger partial charge < -0.3 is 20.5 Å². The molecule has 0 bridgehead atoms. The predicted octanol–water partition coefficient (Wildman–Crippen LogP) is 2.98. The van der Waals surface area contributed by atoms with Gasteiger partial charge in [-0.15, -0.1) is 0 Å². The van der Waals surface area contributed by atoms with Crippen molar-refractivity contribution in [2.45, 2.75) is 57.0 Å². The Morgan fingerprint density at radius 1 is 1.13 bits per heavy atom. The molecule has 0 saturated heterocycles. The smallest absolute Gasteiger partial charge is 0.253 e. The largest absolute Gasteiger partial charge is 0.506 e. The second-order valence-corrected chi connectivity index (χ2v) is 7.73. The molecule has 160 valence electrons. The van der Waals surface area contributed by atoms with E-state index in [2.05, 4.69) is 15.6 Å². The Kier molecular flexibility index (Phi) is 7.65. The van der Waals surface area contributed by atoms with Gasteiger partial charge in [0.1, 0.15) is 11.5 Å². The van der Waals surface area contributed by atoms with E-state index < -0.39 is 0 Å². The van der Waals surface area contributed by atoms with Gasteiger partial charge in [0.2, 0.25) is 5.91 Å². The number of aromatic hydroxyl groups is 1. The molecule has 0 unspecified atom stereocenters. The summed E-state index contributed by atoms with van der Waals surface area (Å²) in [6.45, 7) is 0. The molecule has 2 amide bonds. The van der Waals surface area contributed by atoms with Crippen LogP contribution in [0.4, 0.5) is 0 Å². The highest BCUT2D eigenvalue weighted by Crippen LogP contribution is 2.20. The maximum Gasteiger partial charge on any atom is 0.253 e. The van der Waals surface area contributed by atoms with Gasteiger partial charge in [-0.2, -0.15) is 0 Å². The van der Waals surface area contributed by atoms with Crippen molar-refractivity contribution in [2.75, 3.05) is 7.11 Å². The Hall–Kier alpha value is -3.09. The second-order valence-electron chi connectivity index (χ2n) is 7.73. The monoisotopic (exact) mass is 411 g/mol. The van der Waals surface area contributed by atoms with Crippen molar-refractivity contribution in [3.05, 3.63) is 53.9 Å². The molecule has 30 heavy (non-hydrogen) atoms. The van der Waals surface area contributed by atoms with Crippen LogP contribution in [-0.4, -0.2) is 41.1 Å². The maximum absolute atomic E-state index is 12.4. The standard InChI is InChI=1S/C23H29N3O4/c1-30-21-10-8-16(9-11-21)4-2-7-22(28)25-18-5-3-6-19(13-18)26-23(29)17-12-20(27)15-24-14-17/h8-12,14-15,18-19,27H,2-7,13H2,1H3,(H,25,28)(H,26,29)/t18-,19-/m1/s1. The fourth-order valence-corrected chi connectivity index (χ4v) is 3.82. The number of hydrogen-bond donors (Lipinski definition) is 3. The number of hydrogen-bond acceptors (Lipinski definition) is 5. The Morgan fingerprint density at radius 2 is 1.87 bits per heavy atom. The summed E-state index contributed by atoms with van der Waals surface area (Å²) in [7, 11) is 1.64. The molecule has 2 atom stereocenters. The highest BCUT2D eigenvalue weighted by molar-refractivity contribution is 5.94. The fraction of sp³-hybridized carbons (Fsp3) is 0.435. The third kappa shape index (κ3) is 6.47. The van der Waals surface area contributed by atoms with Crippen molar-refractivity contribution in [3.63, 3.8) is 0 Å². The van der Waals surface area contributed by atoms with E-state index >= 15 is 0 Å². The first-order valence-electron chi connectivity index (χ1n) is 10.4. The normalized spacial score (nSPS) is 18.4. The van der Waals surface area contributed by atoms with Gasteiger partial charge in [-0.1, -0.05) is 12.1 Å². The summed E-state index contributed by atoms with van der Waals surface area (Å²) in [6, 6.07) is 9.36. The van der Waals surface area contributed by atoms with Crippen LogP contribution in [-0.2, 0) is 11.2 Å². The lowest BCUT2D eigenvalue weighted by Crippen LogP contribution is -2.45. The number of nitrogens with zero attached hydrogens (tertiary/aromatic N) is 1. The zero-order valence-corrected chi connectivity index (χ0v) is 17.3. The molecule has 1 fully saturated rings. The van der Waals surface area contributed by atoms with E-state index in [1.54, 1.807) is 7.11 Å². The molecule has 2 aromatic rings. The minimum absolute atomic E-state index is 0.00167. The molecule has 1 aromatic heterocycles. The molecular weight excluding hydrogens is 382 g/mol. The first-order valence-corrected chi connectivity index (χ1v) is 10.4. The van der Waals surface area contributed by atoms with Gasteiger partial charge in [0.15, 0.2) is 0 Å². The van der Waals surface area contributed by atoms with Crippen molar-refractivity contribution >= 4 is 11.8 Å². The number of methoxy groups -OCH3 is 1. The average Bonchev–Trinajstić information content (AvgIpc) is 2.74. The number of aryl methyl sites for hydroxylation is 1. The van der Waals surface area contributed by atoms with Crippen molar-refractivity contribution in [3.8, 4) is 11.5 Å². The maximum atomic E-state index is 12.4. The molecular formula is C23H29N3O4. The van der Waals surface area contributed by atoms with Crippen LogP contribution in [0.15, 0.2) is 42.7 Å². The molecule has 3 rings (SSSR count). The SMILES string of the molecule is COc1ccc(CCCC(=O)N[C@@H]2CCC[C@@H](NC(=O)c3cncc(O)c3)C2)cc1. The Balaban J connectivity index is 1.40. The summed E-state index contributed by atoms with van der Waals surface area (Å²) in [5.74, 6) is 0.592. The molecule has 3 N–H and O–H groups in total. The van der Waals surface area contributed by atoms with E-state index in [4.69, 9.17) is 4.74 Å². The van der Waals surface area contributed by atoms with Crippen molar-refractivity contribution in [1.29, 1.82) is 0 Å². The lowest BCUT2D eigenvalue weighted by Gasteiger charge is -2.30. The third-order valence-electron chi connectivity index (χ3n) is 5.39. The van der Waals surface area contributed by atoms with Crippen molar-refractivity contribution in [2.24, 2.45) is 0 Å². The number of nitrogens with one attached hydrogen (secondary N) is 2. The number of rotatable bonds is 8. The molecule has 1 saturated carbocycles. The summed E-state index contributed by atoms with van der Waals surface area (Å²) in [4.78, 5) is 28.5. The lowest BCUT2D eigenvalue weighted by molar-refractivity contribution is -0.122. The Bertz CT molecular complexity index is 854. The summed E-state index contributed by atoms with van der Waals surface area (Å²) >= 11 is 0. The van der Waals surface area contributed by atoms with Crippen molar-refractivity contribution < 1.29 is 19.4 Å². The van der Waals surface area contributed by atoms with E-state index in [9.17, 15) is 14.7 Å². The third-order valence-corrected chi connectivity index (χ3v) is 5.39. The fourth-order valence-electron chi connectivity index (χ4n) is 3.82. The van der Waals surface area contributed by atoms with Crippen LogP contribution in [0.5, 0.6) is 11.5 Å². The van der Waals surface area contributed by atoms with Crippen LogP contribution in [0.3, 0.4) is 0 Å². The lowest BCUT2D eigenvalue weighted by atomic mass is 9.90. The minimum atomic E-state index is -0.255. The van der Waals surface area contributed by atoms with E-state index in [1.165, 1.54) is 24.0 Å². The van der Waals surface area contributed by atoms with E-state index in [0.29, 0.717) is 18.4 Å². The second kappa shape index (κ2) is 10.6. The van der Waals surface area contributed by atoms with Crippen LogP contribution < -0.4 is 15.4 Å². The number of carbonyl (C=O) groups is 2. The molecule has 7 nitrogen and oxygen atoms in total. The van der Waals surface area contributed by atoms with Crippen LogP contribution in [0.2, 0.25) is 0 Å². The van der Waals surface area contributed by atoms with Crippen molar-refractivity contribution in [1.82, 2.24) is 15.6 Å². The summed E-state index contributed by atoms with van der Waals surface area (Å²) < 4.78 is 5.15. The van der Waals surface area contributed by atoms with Crippen LogP contribution in [0.1, 0.15) is 54.4 Å². The molecule has 1 aliphatic rings. The molecule has 7 heteroatoms. The van der Waals surface area contributed by atoms with Gasteiger partial charge >= 0.3 is 0 Å². The molecule has 0 aliphatic heterocycles. The van der Waals surface area contributed by atoms with Gasteiger partial charge in [0.25, 0.3) is 5.91 Å². The first kappa shape index (κ1) is 21.6. The van der Waals surface area contributed by atoms with E-state index in [0.717, 1.165) is 37.9 Å². The van der Waals surface area contributed by atoms with Crippen LogP contribution in [0.25, 0.3) is 0 Å². The molecule has 1 aromatic carbocycles. The van der Waals surface area contributed by atoms with Gasteiger partial charge in [0, 0.05) is 24.7 Å². The summed E-state index contributed by atoms with van der Waals surface area (Å²) in [5.41, 5.74) is 1.52. The quantitative estimate of drug-likeness (QED) is 0.620. The van der Waals surface area contributed by atoms with E-state index in [-0.39, 0.29) is 29.6 Å². The van der Waals surface area contributed by atoms with Gasteiger partial charge in [-0.05, 0) is 62.3 Å². The Morgan fingerprint density at radius 3 is 2.57 bits per heavy atom. The number of carbonyl (C=O) groups excluding carboxylic acids is 2. The number of benzene rings is 1. The highest BCUT2D eigenvalue weighted by Gasteiger charge is 2.24. The topological polar surface area (TPSA) is 101 Å². The van der Waals surface area contributed by atoms with Gasteiger partial charge in [-0.3, -0.25) is 14.6 Å². The molecule has 1 aliphatic carbocycles. The molecule has 1 heterocycles. The zero-order chi connectivity index (χ0) is 21.3. The molecule has 0 radical (unpaired) electrons. The first-order chi connectivity index (χ1) is 14.5. The average molecular weight is 412 g/mol. The van der Waals surface area contributed by atoms with Gasteiger partial charge in [0.05, 0.1) is 18.9 Å². The number of ether oxygens (including phenoxy) is 1. The number of amides is 2. The molecule has 0 spiro atoms. The Labute approximate surface area is 176 Å². The van der Waals surface area contributed by atoms with Crippen LogP contribution >= 0.6 is 0 Å². The minimum Gasteiger partial charge on any atom is -0.506 e. The van der Waals surface area contributed by atoms with Gasteiger partial charge in [-0.25, -0.2) is 0 Å². The predicted molar refractivity (Wildman–Crippen MR) is 113 cm³/mol. The number of pyridine rings is 1.